The van der Waals surface area contributed by atoms with Gasteiger partial charge >= 0.3 is 0 Å². The van der Waals surface area contributed by atoms with E-state index in [4.69, 9.17) is 9.72 Å². The summed E-state index contributed by atoms with van der Waals surface area (Å²) in [6.07, 6.45) is 1.70. The summed E-state index contributed by atoms with van der Waals surface area (Å²) in [5.74, 6) is 1.33. The zero-order valence-electron chi connectivity index (χ0n) is 18.0. The molecule has 0 amide bonds. The highest BCUT2D eigenvalue weighted by molar-refractivity contribution is 9.10. The van der Waals surface area contributed by atoms with Crippen LogP contribution in [0, 0.1) is 0 Å². The first-order chi connectivity index (χ1) is 14.8. The van der Waals surface area contributed by atoms with Crippen LogP contribution in [-0.2, 0) is 5.41 Å². The Morgan fingerprint density at radius 1 is 1.10 bits per heavy atom. The van der Waals surface area contributed by atoms with E-state index < -0.39 is 0 Å². The van der Waals surface area contributed by atoms with Gasteiger partial charge in [-0.15, -0.1) is 0 Å². The zero-order valence-corrected chi connectivity index (χ0v) is 19.6. The number of nitrogens with zero attached hydrogens (tertiary/aromatic N) is 3. The summed E-state index contributed by atoms with van der Waals surface area (Å²) < 4.78 is 8.08. The highest BCUT2D eigenvalue weighted by Crippen LogP contribution is 2.27. The molecule has 1 aromatic heterocycles. The fraction of sp³-hybridized carbons (Fsp3) is 0.240. The van der Waals surface area contributed by atoms with Crippen molar-refractivity contribution >= 4 is 43.8 Å². The molecule has 0 saturated heterocycles. The second-order valence-electron chi connectivity index (χ2n) is 8.34. The summed E-state index contributed by atoms with van der Waals surface area (Å²) in [7, 11) is 0. The van der Waals surface area contributed by atoms with E-state index in [1.807, 2.05) is 76.2 Å². The Morgan fingerprint density at radius 3 is 2.61 bits per heavy atom. The summed E-state index contributed by atoms with van der Waals surface area (Å²) in [6.45, 7) is 8.56. The van der Waals surface area contributed by atoms with Crippen molar-refractivity contribution in [2.45, 2.75) is 33.1 Å². The van der Waals surface area contributed by atoms with E-state index in [9.17, 15) is 4.79 Å². The molecule has 0 atom stereocenters. The van der Waals surface area contributed by atoms with Crippen LogP contribution in [0.5, 0.6) is 5.75 Å². The predicted octanol–water partition coefficient (Wildman–Crippen LogP) is 5.89. The number of rotatable bonds is 4. The minimum absolute atomic E-state index is 0.203. The lowest BCUT2D eigenvalue weighted by atomic mass is 9.95. The van der Waals surface area contributed by atoms with Gasteiger partial charge in [-0.25, -0.2) is 4.98 Å². The fourth-order valence-electron chi connectivity index (χ4n) is 3.55. The molecule has 0 spiro atoms. The van der Waals surface area contributed by atoms with Gasteiger partial charge in [0.15, 0.2) is 0 Å². The van der Waals surface area contributed by atoms with Gasteiger partial charge in [0.05, 0.1) is 23.7 Å². The lowest BCUT2D eigenvalue weighted by Gasteiger charge is -2.21. The van der Waals surface area contributed by atoms with Crippen LogP contribution in [-0.4, -0.2) is 22.5 Å². The average molecular weight is 478 g/mol. The Morgan fingerprint density at radius 2 is 1.87 bits per heavy atom. The number of benzene rings is 3. The molecule has 5 nitrogen and oxygen atoms in total. The molecule has 1 heterocycles. The molecule has 4 rings (SSSR count). The lowest BCUT2D eigenvalue weighted by molar-refractivity contribution is 0.340. The zero-order chi connectivity index (χ0) is 22.2. The van der Waals surface area contributed by atoms with Crippen molar-refractivity contribution in [3.05, 3.63) is 80.8 Å². The molecule has 0 saturated carbocycles. The maximum atomic E-state index is 13.4. The number of hydrogen-bond acceptors (Lipinski definition) is 4. The highest BCUT2D eigenvalue weighted by atomic mass is 79.9. The summed E-state index contributed by atoms with van der Waals surface area (Å²) in [5, 5.41) is 7.25. The molecule has 0 radical (unpaired) electrons. The maximum absolute atomic E-state index is 13.4. The monoisotopic (exact) mass is 477 g/mol. The maximum Gasteiger partial charge on any atom is 0.282 e. The third-order valence-corrected chi connectivity index (χ3v) is 5.51. The molecule has 0 N–H and O–H groups in total. The quantitative estimate of drug-likeness (QED) is 0.344. The molecule has 0 aliphatic rings. The van der Waals surface area contributed by atoms with Gasteiger partial charge < -0.3 is 4.74 Å². The van der Waals surface area contributed by atoms with Gasteiger partial charge in [-0.05, 0) is 42.0 Å². The van der Waals surface area contributed by atoms with Crippen molar-refractivity contribution in [2.75, 3.05) is 6.61 Å². The molecule has 0 aliphatic heterocycles. The van der Waals surface area contributed by atoms with Gasteiger partial charge in [-0.1, -0.05) is 67.0 Å². The topological polar surface area (TPSA) is 56.5 Å². The molecular weight excluding hydrogens is 454 g/mol. The van der Waals surface area contributed by atoms with Gasteiger partial charge in [-0.2, -0.15) is 9.78 Å². The number of ether oxygens (including phenoxy) is 1. The SMILES string of the molecule is CCOc1ccc2ccccc2c1C=Nn1c(C(C)(C)C)nc2ccc(Br)cc2c1=O. The standard InChI is InChI=1S/C25H24BrN3O2/c1-5-31-22-13-10-16-8-6-7-9-18(16)20(22)15-27-29-23(30)19-14-17(26)11-12-21(19)28-24(29)25(2,3)4/h6-15H,5H2,1-4H3. The molecule has 0 aliphatic carbocycles. The highest BCUT2D eigenvalue weighted by Gasteiger charge is 2.23. The van der Waals surface area contributed by atoms with E-state index in [2.05, 4.69) is 21.0 Å². The van der Waals surface area contributed by atoms with Gasteiger partial charge in [0.25, 0.3) is 5.56 Å². The minimum atomic E-state index is -0.376. The normalized spacial score (nSPS) is 12.2. The number of fused-ring (bicyclic) bond motifs is 2. The van der Waals surface area contributed by atoms with Crippen LogP contribution in [0.25, 0.3) is 21.7 Å². The Hall–Kier alpha value is -2.99. The van der Waals surface area contributed by atoms with Crippen molar-refractivity contribution in [1.29, 1.82) is 0 Å². The third-order valence-electron chi connectivity index (χ3n) is 5.01. The van der Waals surface area contributed by atoms with Crippen LogP contribution in [0.2, 0.25) is 0 Å². The van der Waals surface area contributed by atoms with Gasteiger partial charge in [0.1, 0.15) is 11.6 Å². The molecule has 6 heteroatoms. The van der Waals surface area contributed by atoms with E-state index in [0.717, 1.165) is 26.6 Å². The Labute approximate surface area is 189 Å². The summed E-state index contributed by atoms with van der Waals surface area (Å²) >= 11 is 3.45. The first kappa shape index (κ1) is 21.2. The molecule has 4 aromatic rings. The third kappa shape index (κ3) is 4.12. The van der Waals surface area contributed by atoms with Crippen LogP contribution in [0.1, 0.15) is 39.1 Å². The lowest BCUT2D eigenvalue weighted by Crippen LogP contribution is -2.29. The summed E-state index contributed by atoms with van der Waals surface area (Å²) in [4.78, 5) is 18.2. The first-order valence-corrected chi connectivity index (χ1v) is 11.0. The Kier molecular flexibility index (Phi) is 5.67. The Balaban J connectivity index is 1.98. The average Bonchev–Trinajstić information content (AvgIpc) is 2.73. The van der Waals surface area contributed by atoms with Crippen molar-refractivity contribution in [2.24, 2.45) is 5.10 Å². The van der Waals surface area contributed by atoms with Crippen molar-refractivity contribution in [3.63, 3.8) is 0 Å². The van der Waals surface area contributed by atoms with Crippen LogP contribution < -0.4 is 10.3 Å². The van der Waals surface area contributed by atoms with E-state index in [1.165, 1.54) is 4.68 Å². The molecule has 158 valence electrons. The molecule has 0 fully saturated rings. The Bertz CT molecular complexity index is 1370. The van der Waals surface area contributed by atoms with E-state index in [0.29, 0.717) is 23.3 Å². The van der Waals surface area contributed by atoms with Gasteiger partial charge in [-0.3, -0.25) is 4.79 Å². The number of aromatic nitrogens is 2. The molecular formula is C25H24BrN3O2. The van der Waals surface area contributed by atoms with E-state index in [1.54, 1.807) is 12.3 Å². The molecule has 0 bridgehead atoms. The fourth-order valence-corrected chi connectivity index (χ4v) is 3.91. The molecule has 31 heavy (non-hydrogen) atoms. The largest absolute Gasteiger partial charge is 0.493 e. The molecule has 3 aromatic carbocycles. The van der Waals surface area contributed by atoms with E-state index >= 15 is 0 Å². The smallest absolute Gasteiger partial charge is 0.282 e. The number of hydrogen-bond donors (Lipinski definition) is 0. The van der Waals surface area contributed by atoms with Crippen LogP contribution >= 0.6 is 15.9 Å². The van der Waals surface area contributed by atoms with Gasteiger partial charge in [0.2, 0.25) is 0 Å². The summed E-state index contributed by atoms with van der Waals surface area (Å²) in [5.41, 5.74) is 0.913. The first-order valence-electron chi connectivity index (χ1n) is 10.2. The summed E-state index contributed by atoms with van der Waals surface area (Å²) in [6, 6.07) is 17.5. The predicted molar refractivity (Wildman–Crippen MR) is 131 cm³/mol. The van der Waals surface area contributed by atoms with Gasteiger partial charge in [0, 0.05) is 15.5 Å². The molecule has 0 unspecified atom stereocenters. The van der Waals surface area contributed by atoms with Crippen molar-refractivity contribution in [3.8, 4) is 5.75 Å². The van der Waals surface area contributed by atoms with Crippen LogP contribution in [0.4, 0.5) is 0 Å². The van der Waals surface area contributed by atoms with Crippen molar-refractivity contribution in [1.82, 2.24) is 9.66 Å². The van der Waals surface area contributed by atoms with Crippen molar-refractivity contribution < 1.29 is 4.74 Å². The van der Waals surface area contributed by atoms with E-state index in [-0.39, 0.29) is 11.0 Å². The number of halogens is 1. The minimum Gasteiger partial charge on any atom is -0.493 e. The second-order valence-corrected chi connectivity index (χ2v) is 9.26. The second kappa shape index (κ2) is 8.27. The van der Waals surface area contributed by atoms with Crippen LogP contribution in [0.15, 0.2) is 69.0 Å². The van der Waals surface area contributed by atoms with Crippen LogP contribution in [0.3, 0.4) is 0 Å².